The van der Waals surface area contributed by atoms with Crippen LogP contribution >= 0.6 is 0 Å². The van der Waals surface area contributed by atoms with Crippen molar-refractivity contribution in [2.45, 2.75) is 115 Å². The largest absolute Gasteiger partial charge is 0.302 e. The third-order valence-electron chi connectivity index (χ3n) is 8.28. The first-order valence-corrected chi connectivity index (χ1v) is 12.3. The molecule has 3 fully saturated rings. The van der Waals surface area contributed by atoms with Crippen LogP contribution in [0.1, 0.15) is 95.7 Å². The molecule has 162 valence electrons. The van der Waals surface area contributed by atoms with Gasteiger partial charge in [-0.2, -0.15) is 0 Å². The zero-order valence-electron chi connectivity index (χ0n) is 18.8. The van der Waals surface area contributed by atoms with Crippen molar-refractivity contribution in [1.82, 2.24) is 14.5 Å². The number of fused-ring (bicyclic) bond motifs is 3. The third-order valence-corrected chi connectivity index (χ3v) is 8.28. The van der Waals surface area contributed by atoms with Crippen molar-refractivity contribution >= 4 is 11.0 Å². The van der Waals surface area contributed by atoms with E-state index in [1.807, 2.05) is 25.1 Å². The van der Waals surface area contributed by atoms with Gasteiger partial charge in [0.1, 0.15) is 5.69 Å². The van der Waals surface area contributed by atoms with Gasteiger partial charge in [0.25, 0.3) is 5.56 Å². The lowest BCUT2D eigenvalue weighted by Crippen LogP contribution is -2.63. The summed E-state index contributed by atoms with van der Waals surface area (Å²) >= 11 is 0. The van der Waals surface area contributed by atoms with Crippen molar-refractivity contribution in [3.05, 3.63) is 40.3 Å². The average molecular weight is 408 g/mol. The van der Waals surface area contributed by atoms with E-state index >= 15 is 0 Å². The monoisotopic (exact) mass is 407 g/mol. The first kappa shape index (κ1) is 20.2. The topological polar surface area (TPSA) is 38.1 Å². The maximum Gasteiger partial charge on any atom is 0.272 e. The van der Waals surface area contributed by atoms with E-state index < -0.39 is 0 Å². The molecule has 0 radical (unpaired) electrons. The Labute approximate surface area is 180 Å². The van der Waals surface area contributed by atoms with E-state index in [9.17, 15) is 4.79 Å². The highest BCUT2D eigenvalue weighted by atomic mass is 16.1. The first-order chi connectivity index (χ1) is 14.6. The Morgan fingerprint density at radius 3 is 2.40 bits per heavy atom. The van der Waals surface area contributed by atoms with Gasteiger partial charge in [0, 0.05) is 23.7 Å². The second kappa shape index (κ2) is 8.11. The number of benzene rings is 1. The number of para-hydroxylation sites is 2. The Balaban J connectivity index is 1.51. The summed E-state index contributed by atoms with van der Waals surface area (Å²) in [4.78, 5) is 20.8. The van der Waals surface area contributed by atoms with Crippen LogP contribution in [0.2, 0.25) is 0 Å². The van der Waals surface area contributed by atoms with Crippen LogP contribution in [0, 0.1) is 6.92 Å². The van der Waals surface area contributed by atoms with E-state index in [4.69, 9.17) is 0 Å². The molecule has 1 aromatic heterocycles. The molecule has 5 rings (SSSR count). The SMILES string of the molecule is Cc1nc2ccccc2n([C@@H]2C[C@@H]3CCC[C@](C)(C2)N3C2CCCCCCC2)c1=O. The molecule has 0 unspecified atom stereocenters. The second-order valence-electron chi connectivity index (χ2n) is 10.4. The molecule has 3 heterocycles. The summed E-state index contributed by atoms with van der Waals surface area (Å²) in [5, 5.41) is 0. The van der Waals surface area contributed by atoms with Crippen molar-refractivity contribution in [2.75, 3.05) is 0 Å². The fraction of sp³-hybridized carbons (Fsp3) is 0.692. The highest BCUT2D eigenvalue weighted by Gasteiger charge is 2.49. The molecule has 4 nitrogen and oxygen atoms in total. The number of hydrogen-bond donors (Lipinski definition) is 0. The molecule has 30 heavy (non-hydrogen) atoms. The maximum atomic E-state index is 13.3. The third kappa shape index (κ3) is 3.51. The number of rotatable bonds is 2. The van der Waals surface area contributed by atoms with Gasteiger partial charge in [-0.05, 0) is 64.5 Å². The molecular weight excluding hydrogens is 370 g/mol. The van der Waals surface area contributed by atoms with Gasteiger partial charge in [-0.1, -0.05) is 50.7 Å². The lowest BCUT2D eigenvalue weighted by Gasteiger charge is -2.59. The quantitative estimate of drug-likeness (QED) is 0.635. The lowest BCUT2D eigenvalue weighted by atomic mass is 9.71. The minimum Gasteiger partial charge on any atom is -0.302 e. The maximum absolute atomic E-state index is 13.3. The molecule has 2 aliphatic heterocycles. The molecule has 4 heteroatoms. The Morgan fingerprint density at radius 2 is 1.63 bits per heavy atom. The van der Waals surface area contributed by atoms with E-state index in [1.54, 1.807) is 0 Å². The fourth-order valence-electron chi connectivity index (χ4n) is 7.06. The summed E-state index contributed by atoms with van der Waals surface area (Å²) in [5.41, 5.74) is 2.92. The van der Waals surface area contributed by atoms with Crippen LogP contribution < -0.4 is 5.56 Å². The predicted octanol–water partition coefficient (Wildman–Crippen LogP) is 5.77. The molecule has 2 bridgehead atoms. The number of aromatic nitrogens is 2. The number of hydrogen-bond acceptors (Lipinski definition) is 3. The summed E-state index contributed by atoms with van der Waals surface area (Å²) in [7, 11) is 0. The molecule has 0 amide bonds. The fourth-order valence-corrected chi connectivity index (χ4v) is 7.06. The Hall–Kier alpha value is -1.68. The van der Waals surface area contributed by atoms with Crippen LogP contribution in [-0.4, -0.2) is 32.1 Å². The summed E-state index contributed by atoms with van der Waals surface area (Å²) in [5.74, 6) is 0. The van der Waals surface area contributed by atoms with E-state index in [-0.39, 0.29) is 17.1 Å². The average Bonchev–Trinajstić information content (AvgIpc) is 2.68. The van der Waals surface area contributed by atoms with Crippen LogP contribution in [-0.2, 0) is 0 Å². The molecule has 1 aliphatic carbocycles. The predicted molar refractivity (Wildman–Crippen MR) is 123 cm³/mol. The number of piperidine rings is 2. The smallest absolute Gasteiger partial charge is 0.272 e. The van der Waals surface area contributed by atoms with Gasteiger partial charge in [0.2, 0.25) is 0 Å². The Bertz CT molecular complexity index is 958. The van der Waals surface area contributed by atoms with Gasteiger partial charge in [-0.15, -0.1) is 0 Å². The lowest BCUT2D eigenvalue weighted by molar-refractivity contribution is -0.0821. The van der Waals surface area contributed by atoms with Gasteiger partial charge in [-0.3, -0.25) is 9.69 Å². The van der Waals surface area contributed by atoms with Gasteiger partial charge in [0.15, 0.2) is 0 Å². The van der Waals surface area contributed by atoms with E-state index in [2.05, 4.69) is 27.4 Å². The Morgan fingerprint density at radius 1 is 0.933 bits per heavy atom. The van der Waals surface area contributed by atoms with E-state index in [0.717, 1.165) is 29.9 Å². The molecule has 2 saturated heterocycles. The van der Waals surface area contributed by atoms with E-state index in [0.29, 0.717) is 11.7 Å². The summed E-state index contributed by atoms with van der Waals surface area (Å²) in [6, 6.07) is 9.84. The molecule has 1 aromatic carbocycles. The van der Waals surface area contributed by atoms with Crippen molar-refractivity contribution in [1.29, 1.82) is 0 Å². The number of nitrogens with zero attached hydrogens (tertiary/aromatic N) is 3. The zero-order chi connectivity index (χ0) is 20.7. The normalized spacial score (nSPS) is 31.4. The summed E-state index contributed by atoms with van der Waals surface area (Å²) in [6.45, 7) is 4.38. The summed E-state index contributed by atoms with van der Waals surface area (Å²) in [6.07, 6.45) is 15.9. The van der Waals surface area contributed by atoms with Gasteiger partial charge < -0.3 is 4.57 Å². The van der Waals surface area contributed by atoms with Gasteiger partial charge in [-0.25, -0.2) is 4.98 Å². The van der Waals surface area contributed by atoms with Gasteiger partial charge >= 0.3 is 0 Å². The minimum atomic E-state index is 0.111. The van der Waals surface area contributed by atoms with E-state index in [1.165, 1.54) is 64.2 Å². The molecule has 3 aliphatic rings. The zero-order valence-corrected chi connectivity index (χ0v) is 18.8. The molecular formula is C26H37N3O. The van der Waals surface area contributed by atoms with Crippen LogP contribution in [0.25, 0.3) is 11.0 Å². The molecule has 1 saturated carbocycles. The van der Waals surface area contributed by atoms with Crippen molar-refractivity contribution in [3.8, 4) is 0 Å². The number of aryl methyl sites for hydroxylation is 1. The molecule has 0 spiro atoms. The van der Waals surface area contributed by atoms with Crippen LogP contribution in [0.3, 0.4) is 0 Å². The highest BCUT2D eigenvalue weighted by molar-refractivity contribution is 5.74. The van der Waals surface area contributed by atoms with Crippen LogP contribution in [0.5, 0.6) is 0 Å². The minimum absolute atomic E-state index is 0.111. The van der Waals surface area contributed by atoms with Crippen LogP contribution in [0.15, 0.2) is 29.1 Å². The molecule has 3 atom stereocenters. The molecule has 0 N–H and O–H groups in total. The Kier molecular flexibility index (Phi) is 5.47. The van der Waals surface area contributed by atoms with Gasteiger partial charge in [0.05, 0.1) is 11.0 Å². The highest BCUT2D eigenvalue weighted by Crippen LogP contribution is 2.48. The van der Waals surface area contributed by atoms with Crippen molar-refractivity contribution < 1.29 is 0 Å². The first-order valence-electron chi connectivity index (χ1n) is 12.3. The second-order valence-corrected chi connectivity index (χ2v) is 10.4. The van der Waals surface area contributed by atoms with Crippen molar-refractivity contribution in [3.63, 3.8) is 0 Å². The standard InChI is InChI=1S/C26H37N3O/c1-19-25(30)28(24-15-9-8-14-23(24)27-19)22-17-21-13-10-16-26(2,18-22)29(21)20-11-6-4-3-5-7-12-20/h8-9,14-15,20-22H,3-7,10-13,16-18H2,1-2H3/t21-,22+,26+/m0/s1. The van der Waals surface area contributed by atoms with Crippen LogP contribution in [0.4, 0.5) is 0 Å². The molecule has 2 aromatic rings. The van der Waals surface area contributed by atoms with Crippen molar-refractivity contribution in [2.24, 2.45) is 0 Å². The summed E-state index contributed by atoms with van der Waals surface area (Å²) < 4.78 is 2.11.